The van der Waals surface area contributed by atoms with Crippen LogP contribution in [-0.2, 0) is 12.1 Å². The van der Waals surface area contributed by atoms with Crippen molar-refractivity contribution in [2.24, 2.45) is 0 Å². The van der Waals surface area contributed by atoms with E-state index < -0.39 is 23.3 Å². The van der Waals surface area contributed by atoms with Crippen molar-refractivity contribution in [2.45, 2.75) is 45.0 Å². The predicted octanol–water partition coefficient (Wildman–Crippen LogP) is 4.22. The number of halogens is 2. The van der Waals surface area contributed by atoms with Crippen LogP contribution in [0.5, 0.6) is 0 Å². The van der Waals surface area contributed by atoms with E-state index >= 15 is 0 Å². The number of nitrogens with zero attached hydrogens (tertiary/aromatic N) is 7. The number of carbonyl (C=O) groups is 1. The molecule has 0 spiro atoms. The minimum absolute atomic E-state index is 0.00547. The second kappa shape index (κ2) is 9.97. The highest BCUT2D eigenvalue weighted by atomic mass is 19.1. The summed E-state index contributed by atoms with van der Waals surface area (Å²) >= 11 is 0. The molecule has 1 fully saturated rings. The molecule has 38 heavy (non-hydrogen) atoms. The summed E-state index contributed by atoms with van der Waals surface area (Å²) in [4.78, 5) is 20.2. The summed E-state index contributed by atoms with van der Waals surface area (Å²) < 4.78 is 31.5. The predicted molar refractivity (Wildman–Crippen MR) is 137 cm³/mol. The Hall–Kier alpha value is -4.12. The smallest absolute Gasteiger partial charge is 0.324 e. The summed E-state index contributed by atoms with van der Waals surface area (Å²) in [6.45, 7) is 6.91. The maximum atomic E-state index is 14.9. The molecule has 9 nitrogen and oxygen atoms in total. The lowest BCUT2D eigenvalue weighted by atomic mass is 9.86. The van der Waals surface area contributed by atoms with Crippen LogP contribution in [0.25, 0.3) is 11.1 Å². The van der Waals surface area contributed by atoms with Gasteiger partial charge in [0, 0.05) is 48.2 Å². The quantitative estimate of drug-likeness (QED) is 0.375. The highest BCUT2D eigenvalue weighted by molar-refractivity contribution is 5.94. The minimum atomic E-state index is -1.82. The third-order valence-corrected chi connectivity index (χ3v) is 7.13. The molecule has 2 atom stereocenters. The minimum Gasteiger partial charge on any atom is -0.381 e. The molecule has 0 aliphatic carbocycles. The van der Waals surface area contributed by atoms with Gasteiger partial charge in [-0.25, -0.2) is 23.2 Å². The van der Waals surface area contributed by atoms with E-state index in [2.05, 4.69) is 15.2 Å². The van der Waals surface area contributed by atoms with Crippen LogP contribution < -0.4 is 4.90 Å². The van der Waals surface area contributed by atoms with Gasteiger partial charge in [-0.05, 0) is 44.5 Å². The Labute approximate surface area is 218 Å². The van der Waals surface area contributed by atoms with Crippen molar-refractivity contribution in [3.05, 3.63) is 84.7 Å². The first-order valence-corrected chi connectivity index (χ1v) is 12.4. The molecule has 5 rings (SSSR count). The fourth-order valence-electron chi connectivity index (χ4n) is 4.87. The zero-order valence-electron chi connectivity index (χ0n) is 21.4. The van der Waals surface area contributed by atoms with Crippen LogP contribution in [0.15, 0.2) is 67.5 Å². The topological polar surface area (TPSA) is 92.3 Å². The molecule has 1 aliphatic rings. The summed E-state index contributed by atoms with van der Waals surface area (Å²) in [7, 11) is 0. The molecule has 2 unspecified atom stereocenters. The number of benzene rings is 2. The highest BCUT2D eigenvalue weighted by Crippen LogP contribution is 2.37. The van der Waals surface area contributed by atoms with E-state index in [0.717, 1.165) is 28.9 Å². The summed E-state index contributed by atoms with van der Waals surface area (Å²) in [5.41, 5.74) is 0.567. The van der Waals surface area contributed by atoms with Crippen molar-refractivity contribution >= 4 is 11.7 Å². The Morgan fingerprint density at radius 1 is 1.03 bits per heavy atom. The van der Waals surface area contributed by atoms with E-state index in [9.17, 15) is 18.7 Å². The van der Waals surface area contributed by atoms with Gasteiger partial charge in [-0.1, -0.05) is 18.2 Å². The molecule has 2 aromatic heterocycles. The number of rotatable bonds is 8. The second-order valence-corrected chi connectivity index (χ2v) is 9.79. The molecule has 1 N–H and O–H groups in total. The maximum absolute atomic E-state index is 14.9. The van der Waals surface area contributed by atoms with Crippen LogP contribution in [0.2, 0.25) is 0 Å². The van der Waals surface area contributed by atoms with Crippen LogP contribution in [-0.4, -0.2) is 59.7 Å². The van der Waals surface area contributed by atoms with Crippen molar-refractivity contribution in [1.29, 1.82) is 0 Å². The first kappa shape index (κ1) is 25.5. The van der Waals surface area contributed by atoms with Gasteiger partial charge in [0.2, 0.25) is 0 Å². The van der Waals surface area contributed by atoms with Gasteiger partial charge in [0.05, 0.1) is 18.8 Å². The molecule has 2 aromatic carbocycles. The molecule has 1 saturated heterocycles. The number of aromatic nitrogens is 5. The number of urea groups is 1. The SMILES string of the molecule is CC(C)N1CCN(c2ccc(-c3cnn(C(C)C(O)(Cn4cncn4)c4ccc(F)cc4F)c3)cc2)C1=O. The maximum Gasteiger partial charge on any atom is 0.324 e. The van der Waals surface area contributed by atoms with Gasteiger partial charge in [-0.3, -0.25) is 9.58 Å². The van der Waals surface area contributed by atoms with Gasteiger partial charge < -0.3 is 10.0 Å². The van der Waals surface area contributed by atoms with Crippen molar-refractivity contribution in [1.82, 2.24) is 29.4 Å². The van der Waals surface area contributed by atoms with E-state index in [1.165, 1.54) is 23.4 Å². The third-order valence-electron chi connectivity index (χ3n) is 7.13. The third kappa shape index (κ3) is 4.65. The van der Waals surface area contributed by atoms with Crippen molar-refractivity contribution in [3.8, 4) is 11.1 Å². The number of amides is 2. The van der Waals surface area contributed by atoms with Crippen LogP contribution in [0.3, 0.4) is 0 Å². The Kier molecular flexibility index (Phi) is 6.70. The van der Waals surface area contributed by atoms with Crippen LogP contribution in [0.1, 0.15) is 32.4 Å². The molecule has 11 heteroatoms. The number of aliphatic hydroxyl groups is 1. The summed E-state index contributed by atoms with van der Waals surface area (Å²) in [6.07, 6.45) is 6.15. The van der Waals surface area contributed by atoms with Gasteiger partial charge in [-0.2, -0.15) is 10.2 Å². The lowest BCUT2D eigenvalue weighted by Gasteiger charge is -2.34. The fraction of sp³-hybridized carbons (Fsp3) is 0.333. The summed E-state index contributed by atoms with van der Waals surface area (Å²) in [6, 6.07) is 10.1. The zero-order valence-corrected chi connectivity index (χ0v) is 21.4. The zero-order chi connectivity index (χ0) is 27.0. The van der Waals surface area contributed by atoms with Crippen molar-refractivity contribution in [3.63, 3.8) is 0 Å². The molecule has 2 amide bonds. The molecule has 4 aromatic rings. The fourth-order valence-corrected chi connectivity index (χ4v) is 4.87. The van der Waals surface area contributed by atoms with Crippen molar-refractivity contribution < 1.29 is 18.7 Å². The second-order valence-electron chi connectivity index (χ2n) is 9.79. The van der Waals surface area contributed by atoms with Gasteiger partial charge >= 0.3 is 6.03 Å². The van der Waals surface area contributed by atoms with Gasteiger partial charge in [-0.15, -0.1) is 0 Å². The monoisotopic (exact) mass is 521 g/mol. The largest absolute Gasteiger partial charge is 0.381 e. The van der Waals surface area contributed by atoms with Gasteiger partial charge in [0.15, 0.2) is 0 Å². The Morgan fingerprint density at radius 2 is 1.79 bits per heavy atom. The van der Waals surface area contributed by atoms with E-state index in [4.69, 9.17) is 0 Å². The number of anilines is 1. The average Bonchev–Trinajstić information content (AvgIpc) is 3.65. The Morgan fingerprint density at radius 3 is 2.42 bits per heavy atom. The summed E-state index contributed by atoms with van der Waals surface area (Å²) in [5, 5.41) is 20.3. The van der Waals surface area contributed by atoms with E-state index in [1.807, 2.05) is 43.0 Å². The van der Waals surface area contributed by atoms with Crippen LogP contribution >= 0.6 is 0 Å². The van der Waals surface area contributed by atoms with Gasteiger partial charge in [0.1, 0.15) is 29.9 Å². The molecule has 0 radical (unpaired) electrons. The molecule has 3 heterocycles. The number of carbonyl (C=O) groups excluding carboxylic acids is 1. The first-order valence-electron chi connectivity index (χ1n) is 12.4. The molecule has 0 saturated carbocycles. The van der Waals surface area contributed by atoms with Crippen molar-refractivity contribution in [2.75, 3.05) is 18.0 Å². The molecular formula is C27H29F2N7O2. The summed E-state index contributed by atoms with van der Waals surface area (Å²) in [5.74, 6) is -1.60. The lowest BCUT2D eigenvalue weighted by Crippen LogP contribution is -2.40. The first-order chi connectivity index (χ1) is 18.2. The average molecular weight is 522 g/mol. The Bertz CT molecular complexity index is 1420. The van der Waals surface area contributed by atoms with Gasteiger partial charge in [0.25, 0.3) is 0 Å². The Balaban J connectivity index is 1.41. The van der Waals surface area contributed by atoms with Crippen LogP contribution in [0, 0.1) is 11.6 Å². The van der Waals surface area contributed by atoms with E-state index in [0.29, 0.717) is 13.1 Å². The molecule has 1 aliphatic heterocycles. The van der Waals surface area contributed by atoms with E-state index in [-0.39, 0.29) is 24.2 Å². The normalized spacial score (nSPS) is 16.3. The standard InChI is InChI=1S/C27H29F2N7O2/c1-18(2)34-10-11-35(26(34)37)23-7-4-20(5-8-23)21-13-31-36(14-21)19(3)27(38,15-33-17-30-16-32-33)24-9-6-22(28)12-25(24)29/h4-9,12-14,16-19,38H,10-11,15H2,1-3H3. The van der Waals surface area contributed by atoms with Crippen LogP contribution in [0.4, 0.5) is 19.3 Å². The molecule has 0 bridgehead atoms. The molecule has 198 valence electrons. The van der Waals surface area contributed by atoms with E-state index in [1.54, 1.807) is 28.9 Å². The number of hydrogen-bond acceptors (Lipinski definition) is 5. The number of hydrogen-bond donors (Lipinski definition) is 1. The highest BCUT2D eigenvalue weighted by Gasteiger charge is 2.41. The molecular weight excluding hydrogens is 492 g/mol. The lowest BCUT2D eigenvalue weighted by molar-refractivity contribution is -0.0368.